The number of aromatic nitrogens is 2. The summed E-state index contributed by atoms with van der Waals surface area (Å²) in [5, 5.41) is 0. The van der Waals surface area contributed by atoms with Crippen molar-refractivity contribution in [2.75, 3.05) is 33.0 Å². The van der Waals surface area contributed by atoms with E-state index in [2.05, 4.69) is 21.7 Å². The minimum absolute atomic E-state index is 0.225. The van der Waals surface area contributed by atoms with Crippen molar-refractivity contribution in [2.45, 2.75) is 25.8 Å². The van der Waals surface area contributed by atoms with Gasteiger partial charge in [0.05, 0.1) is 7.11 Å². The molecule has 1 unspecified atom stereocenters. The second kappa shape index (κ2) is 4.97. The number of rotatable bonds is 2. The number of ether oxygens (including phenoxy) is 1. The predicted octanol–water partition coefficient (Wildman–Crippen LogP) is 0.827. The van der Waals surface area contributed by atoms with E-state index in [1.54, 1.807) is 0 Å². The number of hydrogen-bond donors (Lipinski definition) is 1. The van der Waals surface area contributed by atoms with Crippen LogP contribution in [0, 0.1) is 6.92 Å². The van der Waals surface area contributed by atoms with Crippen LogP contribution in [-0.2, 0) is 4.74 Å². The Kier molecular flexibility index (Phi) is 3.56. The van der Waals surface area contributed by atoms with Gasteiger partial charge in [-0.15, -0.1) is 0 Å². The predicted molar refractivity (Wildman–Crippen MR) is 68.5 cm³/mol. The summed E-state index contributed by atoms with van der Waals surface area (Å²) in [5.41, 5.74) is 6.26. The Morgan fingerprint density at radius 1 is 1.56 bits per heavy atom. The SMILES string of the molecule is COC(=O)c1nc(C)n(C2CCCN(C)C2)c1N. The first-order chi connectivity index (χ1) is 8.54. The van der Waals surface area contributed by atoms with E-state index in [-0.39, 0.29) is 11.7 Å². The largest absolute Gasteiger partial charge is 0.464 e. The maximum absolute atomic E-state index is 11.6. The number of anilines is 1. The Bertz CT molecular complexity index is 455. The van der Waals surface area contributed by atoms with Gasteiger partial charge in [0.2, 0.25) is 0 Å². The van der Waals surface area contributed by atoms with Crippen LogP contribution in [-0.4, -0.2) is 47.7 Å². The third-order valence-electron chi connectivity index (χ3n) is 3.47. The summed E-state index contributed by atoms with van der Waals surface area (Å²) in [6.07, 6.45) is 2.19. The van der Waals surface area contributed by atoms with Crippen molar-refractivity contribution in [1.29, 1.82) is 0 Å². The quantitative estimate of drug-likeness (QED) is 0.789. The average Bonchev–Trinajstić information content (AvgIpc) is 2.64. The normalized spacial score (nSPS) is 20.9. The number of nitrogens with two attached hydrogens (primary N) is 1. The van der Waals surface area contributed by atoms with Crippen LogP contribution in [0.2, 0.25) is 0 Å². The fraction of sp³-hybridized carbons (Fsp3) is 0.667. The fourth-order valence-electron chi connectivity index (χ4n) is 2.62. The molecule has 0 spiro atoms. The van der Waals surface area contributed by atoms with Gasteiger partial charge in [-0.25, -0.2) is 9.78 Å². The Balaban J connectivity index is 2.33. The van der Waals surface area contributed by atoms with Crippen molar-refractivity contribution in [3.05, 3.63) is 11.5 Å². The van der Waals surface area contributed by atoms with Gasteiger partial charge in [0, 0.05) is 12.6 Å². The number of hydrogen-bond acceptors (Lipinski definition) is 5. The van der Waals surface area contributed by atoms with E-state index >= 15 is 0 Å². The van der Waals surface area contributed by atoms with Gasteiger partial charge in [-0.3, -0.25) is 0 Å². The second-order valence-electron chi connectivity index (χ2n) is 4.81. The van der Waals surface area contributed by atoms with Crippen LogP contribution in [0.4, 0.5) is 5.82 Å². The zero-order valence-electron chi connectivity index (χ0n) is 11.1. The third kappa shape index (κ3) is 2.20. The number of aryl methyl sites for hydroxylation is 1. The first-order valence-corrected chi connectivity index (χ1v) is 6.15. The van der Waals surface area contributed by atoms with E-state index in [1.807, 2.05) is 11.5 Å². The average molecular weight is 252 g/mol. The zero-order chi connectivity index (χ0) is 13.3. The number of esters is 1. The molecule has 1 aromatic heterocycles. The van der Waals surface area contributed by atoms with Gasteiger partial charge in [0.25, 0.3) is 0 Å². The number of methoxy groups -OCH3 is 1. The summed E-state index contributed by atoms with van der Waals surface area (Å²) >= 11 is 0. The minimum atomic E-state index is -0.474. The molecule has 18 heavy (non-hydrogen) atoms. The van der Waals surface area contributed by atoms with Crippen LogP contribution in [0.3, 0.4) is 0 Å². The van der Waals surface area contributed by atoms with E-state index < -0.39 is 5.97 Å². The van der Waals surface area contributed by atoms with Crippen LogP contribution < -0.4 is 5.73 Å². The van der Waals surface area contributed by atoms with Gasteiger partial charge in [-0.1, -0.05) is 0 Å². The lowest BCUT2D eigenvalue weighted by Crippen LogP contribution is -2.34. The summed E-state index contributed by atoms with van der Waals surface area (Å²) in [6, 6.07) is 0.287. The number of nitrogens with zero attached hydrogens (tertiary/aromatic N) is 3. The Labute approximate surface area is 107 Å². The number of carbonyl (C=O) groups excluding carboxylic acids is 1. The van der Waals surface area contributed by atoms with Crippen LogP contribution in [0.25, 0.3) is 0 Å². The van der Waals surface area contributed by atoms with Crippen molar-refractivity contribution in [3.63, 3.8) is 0 Å². The minimum Gasteiger partial charge on any atom is -0.464 e. The number of likely N-dealkylation sites (N-methyl/N-ethyl adjacent to an activating group) is 1. The van der Waals surface area contributed by atoms with E-state index in [1.165, 1.54) is 7.11 Å². The van der Waals surface area contributed by atoms with Gasteiger partial charge in [0.1, 0.15) is 11.6 Å². The second-order valence-corrected chi connectivity index (χ2v) is 4.81. The highest BCUT2D eigenvalue weighted by Crippen LogP contribution is 2.27. The van der Waals surface area contributed by atoms with E-state index in [4.69, 9.17) is 5.73 Å². The highest BCUT2D eigenvalue weighted by atomic mass is 16.5. The topological polar surface area (TPSA) is 73.4 Å². The molecule has 2 heterocycles. The summed E-state index contributed by atoms with van der Waals surface area (Å²) in [4.78, 5) is 18.1. The molecule has 1 atom stereocenters. The van der Waals surface area contributed by atoms with Gasteiger partial charge in [-0.2, -0.15) is 0 Å². The number of carbonyl (C=O) groups is 1. The number of likely N-dealkylation sites (tertiary alicyclic amines) is 1. The Morgan fingerprint density at radius 2 is 2.28 bits per heavy atom. The Morgan fingerprint density at radius 3 is 2.89 bits per heavy atom. The molecule has 1 aliphatic heterocycles. The van der Waals surface area contributed by atoms with Gasteiger partial charge in [-0.05, 0) is 33.4 Å². The van der Waals surface area contributed by atoms with Crippen molar-refractivity contribution >= 4 is 11.8 Å². The van der Waals surface area contributed by atoms with E-state index in [0.717, 1.165) is 31.8 Å². The molecule has 0 bridgehead atoms. The molecule has 6 heteroatoms. The molecule has 0 saturated carbocycles. The first-order valence-electron chi connectivity index (χ1n) is 6.15. The van der Waals surface area contributed by atoms with E-state index in [0.29, 0.717) is 5.82 Å². The van der Waals surface area contributed by atoms with Crippen molar-refractivity contribution in [1.82, 2.24) is 14.5 Å². The van der Waals surface area contributed by atoms with Crippen LogP contribution in [0.1, 0.15) is 35.2 Å². The molecule has 6 nitrogen and oxygen atoms in total. The van der Waals surface area contributed by atoms with Gasteiger partial charge >= 0.3 is 5.97 Å². The van der Waals surface area contributed by atoms with Gasteiger partial charge < -0.3 is 19.9 Å². The molecule has 0 aromatic carbocycles. The van der Waals surface area contributed by atoms with Crippen LogP contribution in [0.15, 0.2) is 0 Å². The molecule has 1 aromatic rings. The standard InChI is InChI=1S/C12H20N4O2/c1-8-14-10(12(17)18-3)11(13)16(8)9-5-4-6-15(2)7-9/h9H,4-7,13H2,1-3H3. The lowest BCUT2D eigenvalue weighted by Gasteiger charge is -2.31. The fourth-order valence-corrected chi connectivity index (χ4v) is 2.62. The van der Waals surface area contributed by atoms with Crippen molar-refractivity contribution in [3.8, 4) is 0 Å². The molecule has 100 valence electrons. The van der Waals surface area contributed by atoms with Crippen LogP contribution >= 0.6 is 0 Å². The lowest BCUT2D eigenvalue weighted by molar-refractivity contribution is 0.0595. The Hall–Kier alpha value is -1.56. The molecule has 2 rings (SSSR count). The maximum atomic E-state index is 11.6. The monoisotopic (exact) mass is 252 g/mol. The molecular formula is C12H20N4O2. The molecule has 1 saturated heterocycles. The smallest absolute Gasteiger partial charge is 0.360 e. The number of imidazole rings is 1. The first kappa shape index (κ1) is 12.9. The molecule has 1 aliphatic rings. The highest BCUT2D eigenvalue weighted by molar-refractivity contribution is 5.92. The summed E-state index contributed by atoms with van der Waals surface area (Å²) in [7, 11) is 3.43. The number of piperidine rings is 1. The zero-order valence-corrected chi connectivity index (χ0v) is 11.1. The summed E-state index contributed by atoms with van der Waals surface area (Å²) in [5.74, 6) is 0.714. The lowest BCUT2D eigenvalue weighted by atomic mass is 10.1. The molecule has 0 radical (unpaired) electrons. The third-order valence-corrected chi connectivity index (χ3v) is 3.47. The molecule has 1 fully saturated rings. The van der Waals surface area contributed by atoms with Crippen LogP contribution in [0.5, 0.6) is 0 Å². The highest BCUT2D eigenvalue weighted by Gasteiger charge is 2.26. The molecule has 2 N–H and O–H groups in total. The van der Waals surface area contributed by atoms with E-state index in [9.17, 15) is 4.79 Å². The maximum Gasteiger partial charge on any atom is 0.360 e. The van der Waals surface area contributed by atoms with Crippen molar-refractivity contribution in [2.24, 2.45) is 0 Å². The molecule has 0 amide bonds. The molecular weight excluding hydrogens is 232 g/mol. The van der Waals surface area contributed by atoms with Crippen molar-refractivity contribution < 1.29 is 9.53 Å². The number of nitrogen functional groups attached to an aromatic ring is 1. The molecule has 0 aliphatic carbocycles. The summed E-state index contributed by atoms with van der Waals surface area (Å²) < 4.78 is 6.65. The summed E-state index contributed by atoms with van der Waals surface area (Å²) in [6.45, 7) is 3.91. The van der Waals surface area contributed by atoms with Gasteiger partial charge in [0.15, 0.2) is 5.69 Å².